The number of nitrogens with one attached hydrogen (secondary N) is 1. The van der Waals surface area contributed by atoms with Crippen molar-refractivity contribution in [2.75, 3.05) is 25.5 Å². The largest absolute Gasteiger partial charge is 0.481 e. The van der Waals surface area contributed by atoms with Crippen molar-refractivity contribution < 1.29 is 14.3 Å². The number of nitrogens with zero attached hydrogens (tertiary/aromatic N) is 2. The number of carbonyl (C=O) groups excluding carboxylic acids is 2. The fourth-order valence-corrected chi connectivity index (χ4v) is 3.02. The van der Waals surface area contributed by atoms with Gasteiger partial charge >= 0.3 is 0 Å². The third kappa shape index (κ3) is 5.17. The second-order valence-corrected chi connectivity index (χ2v) is 6.42. The number of likely N-dealkylation sites (tertiary alicyclic amines) is 1. The molecule has 2 amide bonds. The van der Waals surface area contributed by atoms with Crippen LogP contribution in [-0.4, -0.2) is 41.9 Å². The molecule has 140 valence electrons. The first-order chi connectivity index (χ1) is 13.2. The maximum atomic E-state index is 12.4. The Morgan fingerprint density at radius 1 is 1.15 bits per heavy atom. The van der Waals surface area contributed by atoms with Gasteiger partial charge in [-0.05, 0) is 30.5 Å². The van der Waals surface area contributed by atoms with Crippen LogP contribution in [0, 0.1) is 5.92 Å². The molecule has 1 aliphatic rings. The quantitative estimate of drug-likeness (QED) is 0.827. The summed E-state index contributed by atoms with van der Waals surface area (Å²) in [5.41, 5.74) is 1.64. The molecule has 0 bridgehead atoms. The minimum absolute atomic E-state index is 0.0166. The molecule has 2 heterocycles. The summed E-state index contributed by atoms with van der Waals surface area (Å²) in [6.45, 7) is 1.16. The van der Waals surface area contributed by atoms with Crippen molar-refractivity contribution in [2.24, 2.45) is 5.92 Å². The van der Waals surface area contributed by atoms with Crippen LogP contribution in [0.5, 0.6) is 5.88 Å². The van der Waals surface area contributed by atoms with Gasteiger partial charge in [0.15, 0.2) is 0 Å². The van der Waals surface area contributed by atoms with E-state index >= 15 is 0 Å². The minimum atomic E-state index is -0.103. The lowest BCUT2D eigenvalue weighted by atomic mass is 9.95. The van der Waals surface area contributed by atoms with Crippen LogP contribution in [0.4, 0.5) is 5.69 Å². The number of anilines is 1. The summed E-state index contributed by atoms with van der Waals surface area (Å²) in [5, 5.41) is 2.88. The van der Waals surface area contributed by atoms with E-state index in [1.807, 2.05) is 36.4 Å². The van der Waals surface area contributed by atoms with Crippen molar-refractivity contribution >= 4 is 23.6 Å². The van der Waals surface area contributed by atoms with Crippen LogP contribution in [0.15, 0.2) is 54.7 Å². The molecule has 0 aliphatic carbocycles. The number of amides is 2. The van der Waals surface area contributed by atoms with Crippen LogP contribution >= 0.6 is 0 Å². The molecule has 0 unspecified atom stereocenters. The van der Waals surface area contributed by atoms with Gasteiger partial charge in [-0.2, -0.15) is 0 Å². The Kier molecular flexibility index (Phi) is 6.20. The predicted molar refractivity (Wildman–Crippen MR) is 104 cm³/mol. The van der Waals surface area contributed by atoms with Gasteiger partial charge in [0.1, 0.15) is 0 Å². The van der Waals surface area contributed by atoms with Gasteiger partial charge in [-0.1, -0.05) is 30.3 Å². The molecule has 0 radical (unpaired) electrons. The predicted octanol–water partition coefficient (Wildman–Crippen LogP) is 2.98. The Balaban J connectivity index is 1.48. The van der Waals surface area contributed by atoms with Gasteiger partial charge < -0.3 is 15.0 Å². The Hall–Kier alpha value is -3.15. The molecule has 27 heavy (non-hydrogen) atoms. The number of ether oxygens (including phenoxy) is 1. The van der Waals surface area contributed by atoms with Crippen LogP contribution in [0.3, 0.4) is 0 Å². The van der Waals surface area contributed by atoms with Crippen molar-refractivity contribution in [2.45, 2.75) is 12.8 Å². The van der Waals surface area contributed by atoms with Gasteiger partial charge in [0, 0.05) is 31.1 Å². The van der Waals surface area contributed by atoms with Crippen LogP contribution in [-0.2, 0) is 9.59 Å². The number of hydrogen-bond acceptors (Lipinski definition) is 4. The van der Waals surface area contributed by atoms with Crippen LogP contribution in [0.25, 0.3) is 6.08 Å². The minimum Gasteiger partial charge on any atom is -0.481 e. The first-order valence-corrected chi connectivity index (χ1v) is 8.98. The number of hydrogen-bond donors (Lipinski definition) is 1. The molecule has 1 aromatic heterocycles. The highest BCUT2D eigenvalue weighted by atomic mass is 16.5. The molecule has 3 rings (SSSR count). The van der Waals surface area contributed by atoms with Crippen LogP contribution in [0.1, 0.15) is 18.4 Å². The highest BCUT2D eigenvalue weighted by Crippen LogP contribution is 2.20. The molecule has 6 nitrogen and oxygen atoms in total. The van der Waals surface area contributed by atoms with Crippen molar-refractivity contribution in [1.29, 1.82) is 0 Å². The highest BCUT2D eigenvalue weighted by Gasteiger charge is 2.26. The summed E-state index contributed by atoms with van der Waals surface area (Å²) in [5.74, 6) is 0.351. The standard InChI is InChI=1S/C21H23N3O3/c1-27-19-9-8-18(15-22-19)23-21(26)17-11-13-24(14-12-17)20(25)10-7-16-5-3-2-4-6-16/h2-10,15,17H,11-14H2,1H3,(H,23,26)/b10-7+. The van der Waals surface area contributed by atoms with Gasteiger partial charge in [-0.15, -0.1) is 0 Å². The van der Waals surface area contributed by atoms with Crippen LogP contribution < -0.4 is 10.1 Å². The SMILES string of the molecule is COc1ccc(NC(=O)C2CCN(C(=O)/C=C/c3ccccc3)CC2)cn1. The Labute approximate surface area is 158 Å². The van der Waals surface area contributed by atoms with Crippen molar-refractivity contribution in [3.63, 3.8) is 0 Å². The van der Waals surface area contributed by atoms with Gasteiger partial charge in [-0.25, -0.2) is 4.98 Å². The summed E-state index contributed by atoms with van der Waals surface area (Å²) >= 11 is 0. The van der Waals surface area contributed by atoms with E-state index in [0.29, 0.717) is 37.5 Å². The molecule has 1 fully saturated rings. The van der Waals surface area contributed by atoms with Crippen molar-refractivity contribution in [3.8, 4) is 5.88 Å². The summed E-state index contributed by atoms with van der Waals surface area (Å²) in [6.07, 6.45) is 6.29. The summed E-state index contributed by atoms with van der Waals surface area (Å²) in [6, 6.07) is 13.2. The zero-order valence-corrected chi connectivity index (χ0v) is 15.3. The molecule has 1 N–H and O–H groups in total. The fourth-order valence-electron chi connectivity index (χ4n) is 3.02. The van der Waals surface area contributed by atoms with Crippen molar-refractivity contribution in [3.05, 3.63) is 60.3 Å². The highest BCUT2D eigenvalue weighted by molar-refractivity contribution is 5.94. The maximum absolute atomic E-state index is 12.4. The average Bonchev–Trinajstić information content (AvgIpc) is 2.73. The molecule has 2 aromatic rings. The molecule has 0 spiro atoms. The summed E-state index contributed by atoms with van der Waals surface area (Å²) in [4.78, 5) is 30.6. The summed E-state index contributed by atoms with van der Waals surface area (Å²) < 4.78 is 5.01. The van der Waals surface area contributed by atoms with Gasteiger partial charge in [0.25, 0.3) is 0 Å². The number of pyridine rings is 1. The molecule has 6 heteroatoms. The molecular weight excluding hydrogens is 342 g/mol. The third-order valence-corrected chi connectivity index (χ3v) is 4.61. The van der Waals surface area contributed by atoms with E-state index in [4.69, 9.17) is 4.74 Å². The number of aromatic nitrogens is 1. The van der Waals surface area contributed by atoms with Crippen LogP contribution in [0.2, 0.25) is 0 Å². The van der Waals surface area contributed by atoms with E-state index in [0.717, 1.165) is 5.56 Å². The fraction of sp³-hybridized carbons (Fsp3) is 0.286. The van der Waals surface area contributed by atoms with E-state index in [1.165, 1.54) is 0 Å². The number of rotatable bonds is 5. The van der Waals surface area contributed by atoms with E-state index in [9.17, 15) is 9.59 Å². The molecule has 1 aliphatic heterocycles. The Morgan fingerprint density at radius 3 is 2.52 bits per heavy atom. The molecule has 0 saturated carbocycles. The lowest BCUT2D eigenvalue weighted by molar-refractivity contribution is -0.130. The Bertz CT molecular complexity index is 795. The maximum Gasteiger partial charge on any atom is 0.246 e. The second-order valence-electron chi connectivity index (χ2n) is 6.42. The van der Waals surface area contributed by atoms with Crippen molar-refractivity contribution in [1.82, 2.24) is 9.88 Å². The zero-order valence-electron chi connectivity index (χ0n) is 15.3. The topological polar surface area (TPSA) is 71.5 Å². The Morgan fingerprint density at radius 2 is 1.89 bits per heavy atom. The van der Waals surface area contributed by atoms with E-state index in [2.05, 4.69) is 10.3 Å². The lowest BCUT2D eigenvalue weighted by Crippen LogP contribution is -2.40. The van der Waals surface area contributed by atoms with Gasteiger partial charge in [0.2, 0.25) is 17.7 Å². The molecule has 1 saturated heterocycles. The molecule has 1 aromatic carbocycles. The second kappa shape index (κ2) is 8.98. The average molecular weight is 365 g/mol. The molecule has 0 atom stereocenters. The lowest BCUT2D eigenvalue weighted by Gasteiger charge is -2.30. The third-order valence-electron chi connectivity index (χ3n) is 4.61. The smallest absolute Gasteiger partial charge is 0.246 e. The first kappa shape index (κ1) is 18.6. The number of piperidine rings is 1. The molecular formula is C21H23N3O3. The van der Waals surface area contributed by atoms with E-state index in [1.54, 1.807) is 36.4 Å². The zero-order chi connectivity index (χ0) is 19.1. The first-order valence-electron chi connectivity index (χ1n) is 8.98. The van der Waals surface area contributed by atoms with Gasteiger partial charge in [-0.3, -0.25) is 9.59 Å². The number of carbonyl (C=O) groups is 2. The van der Waals surface area contributed by atoms with E-state index in [-0.39, 0.29) is 17.7 Å². The van der Waals surface area contributed by atoms with E-state index < -0.39 is 0 Å². The number of methoxy groups -OCH3 is 1. The van der Waals surface area contributed by atoms with Gasteiger partial charge in [0.05, 0.1) is 19.0 Å². The normalized spacial score (nSPS) is 14.9. The monoisotopic (exact) mass is 365 g/mol. The number of benzene rings is 1. The summed E-state index contributed by atoms with van der Waals surface area (Å²) in [7, 11) is 1.55.